The smallest absolute Gasteiger partial charge is 0.410 e. The van der Waals surface area contributed by atoms with Gasteiger partial charge in [0.15, 0.2) is 0 Å². The van der Waals surface area contributed by atoms with Crippen molar-refractivity contribution in [2.75, 3.05) is 6.54 Å². The summed E-state index contributed by atoms with van der Waals surface area (Å²) in [6.07, 6.45) is 3.96. The van der Waals surface area contributed by atoms with Crippen LogP contribution in [-0.4, -0.2) is 29.2 Å². The number of likely N-dealkylation sites (tertiary alicyclic amines) is 1. The Labute approximate surface area is 156 Å². The molecule has 1 aliphatic rings. The Morgan fingerprint density at radius 2 is 1.54 bits per heavy atom. The largest absolute Gasteiger partial charge is 0.444 e. The van der Waals surface area contributed by atoms with E-state index in [1.807, 2.05) is 62.1 Å². The predicted molar refractivity (Wildman–Crippen MR) is 106 cm³/mol. The lowest BCUT2D eigenvalue weighted by Gasteiger charge is -2.28. The second-order valence-corrected chi connectivity index (χ2v) is 7.70. The van der Waals surface area contributed by atoms with Gasteiger partial charge in [-0.05, 0) is 50.3 Å². The summed E-state index contributed by atoms with van der Waals surface area (Å²) >= 11 is 0. The summed E-state index contributed by atoms with van der Waals surface area (Å²) in [5, 5.41) is 0. The van der Waals surface area contributed by atoms with Gasteiger partial charge in [0.2, 0.25) is 0 Å². The van der Waals surface area contributed by atoms with Gasteiger partial charge in [0, 0.05) is 6.54 Å². The molecule has 2 aromatic carbocycles. The van der Waals surface area contributed by atoms with E-state index in [1.54, 1.807) is 0 Å². The highest BCUT2D eigenvalue weighted by Crippen LogP contribution is 2.29. The van der Waals surface area contributed by atoms with Crippen LogP contribution in [-0.2, 0) is 4.74 Å². The van der Waals surface area contributed by atoms with Crippen LogP contribution in [0.25, 0.3) is 5.57 Å². The van der Waals surface area contributed by atoms with E-state index in [0.29, 0.717) is 0 Å². The molecule has 0 spiro atoms. The first-order valence-corrected chi connectivity index (χ1v) is 9.26. The van der Waals surface area contributed by atoms with Crippen LogP contribution in [0.4, 0.5) is 4.79 Å². The molecular weight excluding hydrogens is 322 g/mol. The molecule has 3 rings (SSSR count). The van der Waals surface area contributed by atoms with E-state index in [0.717, 1.165) is 36.1 Å². The molecule has 1 aliphatic heterocycles. The Kier molecular flexibility index (Phi) is 5.46. The number of hydrogen-bond donors (Lipinski definition) is 0. The summed E-state index contributed by atoms with van der Waals surface area (Å²) in [5.74, 6) is 0. The number of carbonyl (C=O) groups excluding carboxylic acids is 1. The maximum Gasteiger partial charge on any atom is 0.410 e. The summed E-state index contributed by atoms with van der Waals surface area (Å²) in [5.41, 5.74) is 3.01. The second-order valence-electron chi connectivity index (χ2n) is 7.70. The number of nitrogens with zero attached hydrogens (tertiary/aromatic N) is 1. The monoisotopic (exact) mass is 349 g/mol. The third kappa shape index (κ3) is 4.54. The molecule has 0 aromatic heterocycles. The minimum Gasteiger partial charge on any atom is -0.444 e. The second kappa shape index (κ2) is 7.77. The van der Waals surface area contributed by atoms with Crippen molar-refractivity contribution in [3.05, 3.63) is 77.9 Å². The molecule has 1 unspecified atom stereocenters. The summed E-state index contributed by atoms with van der Waals surface area (Å²) in [7, 11) is 0. The Morgan fingerprint density at radius 1 is 1.00 bits per heavy atom. The molecule has 3 heteroatoms. The SMILES string of the molecule is CC(C)(C)OC(=O)N1CCCC1C=C(c1ccccc1)c1ccccc1. The highest BCUT2D eigenvalue weighted by Gasteiger charge is 2.31. The zero-order valence-electron chi connectivity index (χ0n) is 15.8. The van der Waals surface area contributed by atoms with Gasteiger partial charge in [-0.2, -0.15) is 0 Å². The summed E-state index contributed by atoms with van der Waals surface area (Å²) in [6, 6.07) is 20.8. The highest BCUT2D eigenvalue weighted by atomic mass is 16.6. The van der Waals surface area contributed by atoms with Gasteiger partial charge in [0.1, 0.15) is 5.60 Å². The van der Waals surface area contributed by atoms with Crippen LogP contribution in [0.5, 0.6) is 0 Å². The lowest BCUT2D eigenvalue weighted by Crippen LogP contribution is -2.39. The zero-order chi connectivity index (χ0) is 18.6. The topological polar surface area (TPSA) is 29.5 Å². The van der Waals surface area contributed by atoms with Crippen LogP contribution >= 0.6 is 0 Å². The third-order valence-electron chi connectivity index (χ3n) is 4.46. The fourth-order valence-electron chi connectivity index (χ4n) is 3.30. The van der Waals surface area contributed by atoms with E-state index in [1.165, 1.54) is 0 Å². The molecule has 0 saturated carbocycles. The summed E-state index contributed by atoms with van der Waals surface area (Å²) < 4.78 is 5.60. The van der Waals surface area contributed by atoms with E-state index < -0.39 is 5.60 Å². The van der Waals surface area contributed by atoms with Crippen molar-refractivity contribution in [2.45, 2.75) is 45.3 Å². The van der Waals surface area contributed by atoms with Crippen molar-refractivity contribution in [1.29, 1.82) is 0 Å². The summed E-state index contributed by atoms with van der Waals surface area (Å²) in [4.78, 5) is 14.5. The third-order valence-corrected chi connectivity index (χ3v) is 4.46. The van der Waals surface area contributed by atoms with Gasteiger partial charge < -0.3 is 9.64 Å². The van der Waals surface area contributed by atoms with Crippen LogP contribution in [0.3, 0.4) is 0 Å². The van der Waals surface area contributed by atoms with Gasteiger partial charge in [0.25, 0.3) is 0 Å². The fourth-order valence-corrected chi connectivity index (χ4v) is 3.30. The van der Waals surface area contributed by atoms with E-state index in [4.69, 9.17) is 4.74 Å². The molecule has 1 heterocycles. The van der Waals surface area contributed by atoms with Crippen molar-refractivity contribution in [1.82, 2.24) is 4.90 Å². The van der Waals surface area contributed by atoms with Crippen LogP contribution in [0.15, 0.2) is 66.7 Å². The number of carbonyl (C=O) groups is 1. The highest BCUT2D eigenvalue weighted by molar-refractivity contribution is 5.81. The molecule has 0 bridgehead atoms. The average molecular weight is 349 g/mol. The van der Waals surface area contributed by atoms with Crippen molar-refractivity contribution in [3.63, 3.8) is 0 Å². The van der Waals surface area contributed by atoms with E-state index in [-0.39, 0.29) is 12.1 Å². The number of amides is 1. The maximum atomic E-state index is 12.6. The van der Waals surface area contributed by atoms with Crippen LogP contribution in [0.2, 0.25) is 0 Å². The minimum atomic E-state index is -0.477. The van der Waals surface area contributed by atoms with Crippen molar-refractivity contribution < 1.29 is 9.53 Å². The Bertz CT molecular complexity index is 718. The van der Waals surface area contributed by atoms with Gasteiger partial charge in [-0.25, -0.2) is 4.79 Å². The minimum absolute atomic E-state index is 0.0558. The van der Waals surface area contributed by atoms with Gasteiger partial charge in [0.05, 0.1) is 6.04 Å². The number of hydrogen-bond acceptors (Lipinski definition) is 2. The van der Waals surface area contributed by atoms with Crippen molar-refractivity contribution >= 4 is 11.7 Å². The van der Waals surface area contributed by atoms with Gasteiger partial charge in [-0.1, -0.05) is 66.7 Å². The first kappa shape index (κ1) is 18.2. The molecule has 0 aliphatic carbocycles. The predicted octanol–water partition coefficient (Wildman–Crippen LogP) is 5.52. The lowest BCUT2D eigenvalue weighted by molar-refractivity contribution is 0.0256. The molecule has 1 saturated heterocycles. The van der Waals surface area contributed by atoms with Crippen LogP contribution < -0.4 is 0 Å². The Balaban J connectivity index is 1.93. The van der Waals surface area contributed by atoms with Crippen LogP contribution in [0, 0.1) is 0 Å². The Morgan fingerprint density at radius 3 is 2.04 bits per heavy atom. The average Bonchev–Trinajstić information content (AvgIpc) is 3.08. The van der Waals surface area contributed by atoms with E-state index in [9.17, 15) is 4.79 Å². The van der Waals surface area contributed by atoms with Crippen LogP contribution in [0.1, 0.15) is 44.7 Å². The van der Waals surface area contributed by atoms with Crippen molar-refractivity contribution in [2.24, 2.45) is 0 Å². The number of benzene rings is 2. The lowest BCUT2D eigenvalue weighted by atomic mass is 9.95. The molecule has 0 radical (unpaired) electrons. The molecule has 136 valence electrons. The zero-order valence-corrected chi connectivity index (χ0v) is 15.8. The standard InChI is InChI=1S/C23H27NO2/c1-23(2,3)26-22(25)24-16-10-15-20(24)17-21(18-11-6-4-7-12-18)19-13-8-5-9-14-19/h4-9,11-14,17,20H,10,15-16H2,1-3H3. The van der Waals surface area contributed by atoms with Gasteiger partial charge in [-0.15, -0.1) is 0 Å². The first-order valence-electron chi connectivity index (χ1n) is 9.26. The molecule has 0 N–H and O–H groups in total. The molecule has 3 nitrogen and oxygen atoms in total. The van der Waals surface area contributed by atoms with Gasteiger partial charge >= 0.3 is 6.09 Å². The molecule has 26 heavy (non-hydrogen) atoms. The van der Waals surface area contributed by atoms with E-state index in [2.05, 4.69) is 30.3 Å². The van der Waals surface area contributed by atoms with E-state index >= 15 is 0 Å². The fraction of sp³-hybridized carbons (Fsp3) is 0.348. The van der Waals surface area contributed by atoms with Crippen molar-refractivity contribution in [3.8, 4) is 0 Å². The Hall–Kier alpha value is -2.55. The molecule has 1 amide bonds. The first-order chi connectivity index (χ1) is 12.4. The number of ether oxygens (including phenoxy) is 1. The molecule has 2 aromatic rings. The number of rotatable bonds is 3. The summed E-state index contributed by atoms with van der Waals surface area (Å²) in [6.45, 7) is 6.47. The molecule has 1 fully saturated rings. The quantitative estimate of drug-likeness (QED) is 0.730. The molecular formula is C23H27NO2. The molecule has 1 atom stereocenters. The van der Waals surface area contributed by atoms with Gasteiger partial charge in [-0.3, -0.25) is 0 Å². The normalized spacial score (nSPS) is 17.0. The maximum absolute atomic E-state index is 12.6.